The zero-order chi connectivity index (χ0) is 14.8. The van der Waals surface area contributed by atoms with Gasteiger partial charge in [0.15, 0.2) is 0 Å². The Hall–Kier alpha value is -0.860. The Kier molecular flexibility index (Phi) is 7.86. The second kappa shape index (κ2) is 9.15. The summed E-state index contributed by atoms with van der Waals surface area (Å²) in [4.78, 5) is 0. The van der Waals surface area contributed by atoms with Crippen molar-refractivity contribution in [1.29, 1.82) is 0 Å². The molecule has 0 spiro atoms. The van der Waals surface area contributed by atoms with Gasteiger partial charge in [0.05, 0.1) is 6.61 Å². The van der Waals surface area contributed by atoms with Gasteiger partial charge < -0.3 is 10.1 Å². The highest BCUT2D eigenvalue weighted by Crippen LogP contribution is 2.12. The van der Waals surface area contributed by atoms with Crippen LogP contribution >= 0.6 is 0 Å². The Balaban J connectivity index is 2.37. The predicted octanol–water partition coefficient (Wildman–Crippen LogP) is 4.67. The van der Waals surface area contributed by atoms with Gasteiger partial charge in [-0.2, -0.15) is 0 Å². The van der Waals surface area contributed by atoms with E-state index in [1.807, 2.05) is 0 Å². The number of rotatable bonds is 9. The second-order valence-corrected chi connectivity index (χ2v) is 6.49. The van der Waals surface area contributed by atoms with E-state index in [0.717, 1.165) is 19.8 Å². The zero-order valence-corrected chi connectivity index (χ0v) is 13.7. The molecule has 1 aromatic rings. The highest BCUT2D eigenvalue weighted by molar-refractivity contribution is 5.26. The van der Waals surface area contributed by atoms with Crippen molar-refractivity contribution in [2.24, 2.45) is 0 Å². The first-order valence-corrected chi connectivity index (χ1v) is 7.92. The van der Waals surface area contributed by atoms with Gasteiger partial charge >= 0.3 is 0 Å². The van der Waals surface area contributed by atoms with Crippen molar-refractivity contribution in [2.75, 3.05) is 6.61 Å². The Morgan fingerprint density at radius 2 is 1.70 bits per heavy atom. The molecule has 1 N–H and O–H groups in total. The molecule has 0 amide bonds. The molecule has 0 aliphatic rings. The van der Waals surface area contributed by atoms with E-state index in [1.54, 1.807) is 0 Å². The number of unbranched alkanes of at least 4 members (excludes halogenated alkanes) is 3. The summed E-state index contributed by atoms with van der Waals surface area (Å²) in [7, 11) is 0. The van der Waals surface area contributed by atoms with Crippen molar-refractivity contribution < 1.29 is 4.74 Å². The molecule has 1 aromatic carbocycles. The lowest BCUT2D eigenvalue weighted by Crippen LogP contribution is -2.35. The standard InChI is InChI=1S/C18H31NO/c1-5-6-7-10-13-20-15-17-12-9-8-11-16(17)14-19-18(2,3)4/h8-9,11-12,19H,5-7,10,13-15H2,1-4H3. The van der Waals surface area contributed by atoms with E-state index in [2.05, 4.69) is 57.3 Å². The van der Waals surface area contributed by atoms with Crippen LogP contribution in [0.2, 0.25) is 0 Å². The Labute approximate surface area is 124 Å². The molecule has 0 aliphatic heterocycles. The summed E-state index contributed by atoms with van der Waals surface area (Å²) >= 11 is 0. The largest absolute Gasteiger partial charge is 0.377 e. The Bertz CT molecular complexity index is 368. The molecule has 0 aromatic heterocycles. The predicted molar refractivity (Wildman–Crippen MR) is 86.8 cm³/mol. The van der Waals surface area contributed by atoms with Crippen LogP contribution in [0.15, 0.2) is 24.3 Å². The van der Waals surface area contributed by atoms with Crippen LogP contribution in [0.5, 0.6) is 0 Å². The van der Waals surface area contributed by atoms with Crippen LogP contribution in [0.4, 0.5) is 0 Å². The molecule has 114 valence electrons. The van der Waals surface area contributed by atoms with Crippen LogP contribution in [0.25, 0.3) is 0 Å². The minimum atomic E-state index is 0.147. The molecule has 0 saturated carbocycles. The summed E-state index contributed by atoms with van der Waals surface area (Å²) < 4.78 is 5.81. The quantitative estimate of drug-likeness (QED) is 0.662. The van der Waals surface area contributed by atoms with E-state index >= 15 is 0 Å². The van der Waals surface area contributed by atoms with Crippen LogP contribution in [-0.2, 0) is 17.9 Å². The molecule has 0 bridgehead atoms. The van der Waals surface area contributed by atoms with Gasteiger partial charge in [0.2, 0.25) is 0 Å². The molecule has 1 rings (SSSR count). The van der Waals surface area contributed by atoms with E-state index < -0.39 is 0 Å². The SMILES string of the molecule is CCCCCCOCc1ccccc1CNC(C)(C)C. The van der Waals surface area contributed by atoms with E-state index in [9.17, 15) is 0 Å². The molecule has 0 aliphatic carbocycles. The highest BCUT2D eigenvalue weighted by atomic mass is 16.5. The van der Waals surface area contributed by atoms with E-state index in [1.165, 1.54) is 36.8 Å². The number of ether oxygens (including phenoxy) is 1. The van der Waals surface area contributed by atoms with Gasteiger partial charge in [-0.25, -0.2) is 0 Å². The maximum atomic E-state index is 5.81. The maximum Gasteiger partial charge on any atom is 0.0720 e. The molecule has 0 atom stereocenters. The molecule has 0 radical (unpaired) electrons. The van der Waals surface area contributed by atoms with Gasteiger partial charge in [0.25, 0.3) is 0 Å². The number of hydrogen-bond acceptors (Lipinski definition) is 2. The molecular weight excluding hydrogens is 246 g/mol. The topological polar surface area (TPSA) is 21.3 Å². The molecule has 0 heterocycles. The first kappa shape index (κ1) is 17.2. The minimum absolute atomic E-state index is 0.147. The van der Waals surface area contributed by atoms with Crippen LogP contribution in [0.1, 0.15) is 64.5 Å². The number of hydrogen-bond donors (Lipinski definition) is 1. The molecule has 2 heteroatoms. The van der Waals surface area contributed by atoms with E-state index in [0.29, 0.717) is 0 Å². The lowest BCUT2D eigenvalue weighted by atomic mass is 10.1. The average Bonchev–Trinajstić information content (AvgIpc) is 2.40. The highest BCUT2D eigenvalue weighted by Gasteiger charge is 2.10. The average molecular weight is 277 g/mol. The number of benzene rings is 1. The lowest BCUT2D eigenvalue weighted by Gasteiger charge is -2.21. The fourth-order valence-corrected chi connectivity index (χ4v) is 2.04. The Morgan fingerprint density at radius 3 is 2.35 bits per heavy atom. The summed E-state index contributed by atoms with van der Waals surface area (Å²) in [6.07, 6.45) is 5.05. The number of nitrogens with one attached hydrogen (secondary N) is 1. The van der Waals surface area contributed by atoms with Crippen LogP contribution in [0.3, 0.4) is 0 Å². The van der Waals surface area contributed by atoms with Crippen LogP contribution in [0, 0.1) is 0 Å². The van der Waals surface area contributed by atoms with Crippen molar-refractivity contribution in [1.82, 2.24) is 5.32 Å². The normalized spacial score (nSPS) is 11.8. The van der Waals surface area contributed by atoms with Crippen LogP contribution in [-0.4, -0.2) is 12.1 Å². The third kappa shape index (κ3) is 7.66. The summed E-state index contributed by atoms with van der Waals surface area (Å²) in [6.45, 7) is 11.3. The van der Waals surface area contributed by atoms with E-state index in [4.69, 9.17) is 4.74 Å². The summed E-state index contributed by atoms with van der Waals surface area (Å²) in [6, 6.07) is 8.56. The van der Waals surface area contributed by atoms with Crippen molar-refractivity contribution in [2.45, 2.75) is 72.1 Å². The van der Waals surface area contributed by atoms with E-state index in [-0.39, 0.29) is 5.54 Å². The van der Waals surface area contributed by atoms with Gasteiger partial charge in [-0.15, -0.1) is 0 Å². The fraction of sp³-hybridized carbons (Fsp3) is 0.667. The molecule has 20 heavy (non-hydrogen) atoms. The first-order valence-electron chi connectivity index (χ1n) is 7.92. The smallest absolute Gasteiger partial charge is 0.0720 e. The van der Waals surface area contributed by atoms with Crippen molar-refractivity contribution in [3.63, 3.8) is 0 Å². The fourth-order valence-electron chi connectivity index (χ4n) is 2.04. The third-order valence-electron chi connectivity index (χ3n) is 3.33. The van der Waals surface area contributed by atoms with Gasteiger partial charge in [0, 0.05) is 18.7 Å². The maximum absolute atomic E-state index is 5.81. The minimum Gasteiger partial charge on any atom is -0.377 e. The zero-order valence-electron chi connectivity index (χ0n) is 13.7. The van der Waals surface area contributed by atoms with Gasteiger partial charge in [-0.05, 0) is 38.3 Å². The lowest BCUT2D eigenvalue weighted by molar-refractivity contribution is 0.116. The summed E-state index contributed by atoms with van der Waals surface area (Å²) in [5.41, 5.74) is 2.80. The molecular formula is C18H31NO. The third-order valence-corrected chi connectivity index (χ3v) is 3.33. The van der Waals surface area contributed by atoms with Crippen LogP contribution < -0.4 is 5.32 Å². The van der Waals surface area contributed by atoms with Crippen molar-refractivity contribution >= 4 is 0 Å². The molecule has 0 fully saturated rings. The second-order valence-electron chi connectivity index (χ2n) is 6.49. The van der Waals surface area contributed by atoms with Gasteiger partial charge in [-0.1, -0.05) is 50.5 Å². The monoisotopic (exact) mass is 277 g/mol. The van der Waals surface area contributed by atoms with Gasteiger partial charge in [-0.3, -0.25) is 0 Å². The van der Waals surface area contributed by atoms with Crippen molar-refractivity contribution in [3.05, 3.63) is 35.4 Å². The molecule has 2 nitrogen and oxygen atoms in total. The summed E-state index contributed by atoms with van der Waals surface area (Å²) in [5.74, 6) is 0. The molecule has 0 saturated heterocycles. The van der Waals surface area contributed by atoms with Gasteiger partial charge in [0.1, 0.15) is 0 Å². The first-order chi connectivity index (χ1) is 9.53. The molecule has 0 unspecified atom stereocenters. The Morgan fingerprint density at radius 1 is 1.00 bits per heavy atom. The van der Waals surface area contributed by atoms with Crippen molar-refractivity contribution in [3.8, 4) is 0 Å². The summed E-state index contributed by atoms with van der Waals surface area (Å²) in [5, 5.41) is 3.54.